The topological polar surface area (TPSA) is 59.1 Å². The molecule has 1 fully saturated rings. The molecule has 2 aromatic carbocycles. The molecule has 0 aromatic heterocycles. The van der Waals surface area contributed by atoms with Gasteiger partial charge in [-0.05, 0) is 42.3 Å². The van der Waals surface area contributed by atoms with Gasteiger partial charge in [-0.2, -0.15) is 4.31 Å². The Hall–Kier alpha value is -1.51. The van der Waals surface area contributed by atoms with Gasteiger partial charge in [-0.1, -0.05) is 29.3 Å². The highest BCUT2D eigenvalue weighted by atomic mass is 35.5. The Kier molecular flexibility index (Phi) is 5.46. The first kappa shape index (κ1) is 19.8. The van der Waals surface area contributed by atoms with Gasteiger partial charge in [-0.3, -0.25) is 4.90 Å². The van der Waals surface area contributed by atoms with Crippen LogP contribution in [0.25, 0.3) is 0 Å². The summed E-state index contributed by atoms with van der Waals surface area (Å²) < 4.78 is 38.3. The van der Waals surface area contributed by atoms with Gasteiger partial charge in [0.05, 0.1) is 14.9 Å². The Morgan fingerprint density at radius 3 is 2.39 bits per heavy atom. The number of benzene rings is 2. The van der Waals surface area contributed by atoms with E-state index in [2.05, 4.69) is 4.90 Å². The van der Waals surface area contributed by atoms with Gasteiger partial charge in [0.25, 0.3) is 0 Å². The average Bonchev–Trinajstić information content (AvgIpc) is 3.13. The third-order valence-corrected chi connectivity index (χ3v) is 7.77. The number of halogens is 2. The molecule has 9 heteroatoms. The molecule has 28 heavy (non-hydrogen) atoms. The monoisotopic (exact) mass is 442 g/mol. The number of fused-ring (bicyclic) bond motifs is 1. The summed E-state index contributed by atoms with van der Waals surface area (Å²) in [7, 11) is -3.61. The Morgan fingerprint density at radius 2 is 1.64 bits per heavy atom. The maximum Gasteiger partial charge on any atom is 0.243 e. The number of nitrogens with zero attached hydrogens (tertiary/aromatic N) is 2. The fraction of sp³-hybridized carbons (Fsp3) is 0.368. The van der Waals surface area contributed by atoms with Crippen LogP contribution in [0.5, 0.6) is 11.5 Å². The van der Waals surface area contributed by atoms with Crippen LogP contribution in [0.3, 0.4) is 0 Å². The van der Waals surface area contributed by atoms with Crippen molar-refractivity contribution in [2.75, 3.05) is 33.0 Å². The summed E-state index contributed by atoms with van der Waals surface area (Å²) in [6.07, 6.45) is 0. The minimum Gasteiger partial charge on any atom is -0.454 e. The number of hydrogen-bond acceptors (Lipinski definition) is 5. The summed E-state index contributed by atoms with van der Waals surface area (Å²) in [5, 5.41) is 0.596. The van der Waals surface area contributed by atoms with Gasteiger partial charge >= 0.3 is 0 Å². The minimum atomic E-state index is -3.61. The normalized spacial score (nSPS) is 17.8. The smallest absolute Gasteiger partial charge is 0.243 e. The van der Waals surface area contributed by atoms with Crippen LogP contribution < -0.4 is 9.47 Å². The molecule has 0 bridgehead atoms. The quantitative estimate of drug-likeness (QED) is 0.724. The zero-order valence-corrected chi connectivity index (χ0v) is 17.6. The maximum atomic E-state index is 13.0. The van der Waals surface area contributed by atoms with Gasteiger partial charge in [0.2, 0.25) is 16.8 Å². The molecule has 2 heterocycles. The number of sulfonamides is 1. The second-order valence-corrected chi connectivity index (χ2v) is 9.62. The number of rotatable bonds is 4. The molecule has 2 aromatic rings. The average molecular weight is 443 g/mol. The highest BCUT2D eigenvalue weighted by Crippen LogP contribution is 2.33. The van der Waals surface area contributed by atoms with Crippen LogP contribution in [-0.2, 0) is 16.6 Å². The van der Waals surface area contributed by atoms with Crippen molar-refractivity contribution in [3.05, 3.63) is 51.5 Å². The van der Waals surface area contributed by atoms with Gasteiger partial charge in [0, 0.05) is 32.7 Å². The molecule has 0 unspecified atom stereocenters. The molecule has 0 atom stereocenters. The zero-order chi connectivity index (χ0) is 19.9. The molecule has 4 rings (SSSR count). The lowest BCUT2D eigenvalue weighted by Crippen LogP contribution is -2.48. The fourth-order valence-electron chi connectivity index (χ4n) is 3.47. The second kappa shape index (κ2) is 7.72. The van der Waals surface area contributed by atoms with Crippen molar-refractivity contribution in [3.8, 4) is 11.5 Å². The summed E-state index contributed by atoms with van der Waals surface area (Å²) >= 11 is 12.0. The molecule has 150 valence electrons. The lowest BCUT2D eigenvalue weighted by molar-refractivity contribution is 0.173. The molecule has 0 saturated carbocycles. The molecule has 0 radical (unpaired) electrons. The van der Waals surface area contributed by atoms with Gasteiger partial charge in [0.15, 0.2) is 11.5 Å². The van der Waals surface area contributed by atoms with Gasteiger partial charge < -0.3 is 9.47 Å². The first-order valence-electron chi connectivity index (χ1n) is 8.91. The molecule has 2 aliphatic heterocycles. The molecule has 0 N–H and O–H groups in total. The first-order chi connectivity index (χ1) is 13.3. The summed E-state index contributed by atoms with van der Waals surface area (Å²) in [6, 6.07) is 8.92. The summed E-state index contributed by atoms with van der Waals surface area (Å²) in [5.74, 6) is 1.52. The lowest BCUT2D eigenvalue weighted by atomic mass is 10.2. The molecule has 0 amide bonds. The Bertz CT molecular complexity index is 1010. The van der Waals surface area contributed by atoms with E-state index in [1.807, 2.05) is 18.2 Å². The van der Waals surface area contributed by atoms with E-state index in [0.717, 1.165) is 23.6 Å². The van der Waals surface area contributed by atoms with Crippen molar-refractivity contribution in [3.63, 3.8) is 0 Å². The van der Waals surface area contributed by atoms with E-state index >= 15 is 0 Å². The number of hydrogen-bond donors (Lipinski definition) is 0. The van der Waals surface area contributed by atoms with E-state index in [9.17, 15) is 8.42 Å². The molecular formula is C19H20Cl2N2O4S. The van der Waals surface area contributed by atoms with E-state index in [-0.39, 0.29) is 16.7 Å². The van der Waals surface area contributed by atoms with E-state index < -0.39 is 10.0 Å². The highest BCUT2D eigenvalue weighted by molar-refractivity contribution is 7.89. The Morgan fingerprint density at radius 1 is 0.964 bits per heavy atom. The molecule has 0 spiro atoms. The molecule has 2 aliphatic rings. The van der Waals surface area contributed by atoms with Crippen LogP contribution in [-0.4, -0.2) is 50.6 Å². The van der Waals surface area contributed by atoms with Crippen LogP contribution in [0.15, 0.2) is 35.2 Å². The van der Waals surface area contributed by atoms with E-state index in [1.54, 1.807) is 13.0 Å². The van der Waals surface area contributed by atoms with Crippen LogP contribution >= 0.6 is 23.2 Å². The third-order valence-electron chi connectivity index (χ3n) is 5.01. The van der Waals surface area contributed by atoms with Crippen molar-refractivity contribution in [1.82, 2.24) is 9.21 Å². The molecular weight excluding hydrogens is 423 g/mol. The first-order valence-corrected chi connectivity index (χ1v) is 11.1. The van der Waals surface area contributed by atoms with E-state index in [4.69, 9.17) is 32.7 Å². The zero-order valence-electron chi connectivity index (χ0n) is 15.3. The lowest BCUT2D eigenvalue weighted by Gasteiger charge is -2.34. The predicted molar refractivity (Wildman–Crippen MR) is 108 cm³/mol. The van der Waals surface area contributed by atoms with Crippen molar-refractivity contribution in [2.45, 2.75) is 18.4 Å². The maximum absolute atomic E-state index is 13.0. The largest absolute Gasteiger partial charge is 0.454 e. The Labute approximate surface area is 174 Å². The summed E-state index contributed by atoms with van der Waals surface area (Å²) in [5.41, 5.74) is 1.71. The van der Waals surface area contributed by atoms with Gasteiger partial charge in [0.1, 0.15) is 0 Å². The molecule has 0 aliphatic carbocycles. The Balaban J connectivity index is 1.43. The highest BCUT2D eigenvalue weighted by Gasteiger charge is 2.30. The molecule has 1 saturated heterocycles. The summed E-state index contributed by atoms with van der Waals surface area (Å²) in [6.45, 7) is 4.85. The van der Waals surface area contributed by atoms with Crippen LogP contribution in [0, 0.1) is 6.92 Å². The number of aryl methyl sites for hydroxylation is 1. The van der Waals surface area contributed by atoms with E-state index in [1.165, 1.54) is 10.4 Å². The van der Waals surface area contributed by atoms with Gasteiger partial charge in [-0.15, -0.1) is 0 Å². The van der Waals surface area contributed by atoms with Crippen molar-refractivity contribution in [2.24, 2.45) is 0 Å². The predicted octanol–water partition coefficient (Wildman–Crippen LogP) is 3.54. The SMILES string of the molecule is Cc1cc(Cl)c(Cl)cc1S(=O)(=O)N1CCN(Cc2ccc3c(c2)OCO3)CC1. The van der Waals surface area contributed by atoms with Crippen LogP contribution in [0.1, 0.15) is 11.1 Å². The van der Waals surface area contributed by atoms with Crippen LogP contribution in [0.2, 0.25) is 10.0 Å². The standard InChI is InChI=1S/C19H20Cl2N2O4S/c1-13-8-15(20)16(21)10-19(13)28(24,25)23-6-4-22(5-7-23)11-14-2-3-17-18(9-14)27-12-26-17/h2-3,8-10H,4-7,11-12H2,1H3. The van der Waals surface area contributed by atoms with Crippen LogP contribution in [0.4, 0.5) is 0 Å². The van der Waals surface area contributed by atoms with E-state index in [0.29, 0.717) is 36.8 Å². The minimum absolute atomic E-state index is 0.214. The number of ether oxygens (including phenoxy) is 2. The third kappa shape index (κ3) is 3.82. The second-order valence-electron chi connectivity index (χ2n) is 6.90. The van der Waals surface area contributed by atoms with Gasteiger partial charge in [-0.25, -0.2) is 8.42 Å². The van der Waals surface area contributed by atoms with Crippen molar-refractivity contribution < 1.29 is 17.9 Å². The fourth-order valence-corrected chi connectivity index (χ4v) is 5.57. The van der Waals surface area contributed by atoms with Crippen molar-refractivity contribution in [1.29, 1.82) is 0 Å². The number of piperazine rings is 1. The van der Waals surface area contributed by atoms with Crippen molar-refractivity contribution >= 4 is 33.2 Å². The molecule has 6 nitrogen and oxygen atoms in total. The summed E-state index contributed by atoms with van der Waals surface area (Å²) in [4.78, 5) is 2.44.